The van der Waals surface area contributed by atoms with E-state index in [1.807, 2.05) is 24.3 Å². The summed E-state index contributed by atoms with van der Waals surface area (Å²) in [6.07, 6.45) is 0. The van der Waals surface area contributed by atoms with Gasteiger partial charge in [0.05, 0.1) is 18.3 Å². The van der Waals surface area contributed by atoms with Crippen molar-refractivity contribution in [2.75, 3.05) is 12.9 Å². The topological polar surface area (TPSA) is 51.5 Å². The van der Waals surface area contributed by atoms with Crippen molar-refractivity contribution in [1.29, 1.82) is 0 Å². The fourth-order valence-electron chi connectivity index (χ4n) is 2.13. The number of fused-ring (bicyclic) bond motifs is 1. The van der Waals surface area contributed by atoms with E-state index in [0.717, 1.165) is 21.6 Å². The van der Waals surface area contributed by atoms with Crippen LogP contribution >= 0.6 is 11.8 Å². The van der Waals surface area contributed by atoms with Crippen molar-refractivity contribution >= 4 is 47.0 Å². The summed E-state index contributed by atoms with van der Waals surface area (Å²) in [5, 5.41) is 1.92. The minimum absolute atomic E-state index is 0.288. The lowest BCUT2D eigenvalue weighted by atomic mass is 9.95. The minimum atomic E-state index is -0.407. The van der Waals surface area contributed by atoms with Crippen molar-refractivity contribution < 1.29 is 9.53 Å². The van der Waals surface area contributed by atoms with E-state index in [9.17, 15) is 4.79 Å². The Kier molecular flexibility index (Phi) is 3.48. The maximum absolute atomic E-state index is 11.5. The zero-order valence-electron chi connectivity index (χ0n) is 11.3. The smallest absolute Gasteiger partial charge is 0.331 e. The molecule has 1 aliphatic heterocycles. The predicted molar refractivity (Wildman–Crippen MR) is 84.7 cm³/mol. The molecule has 0 bridgehead atoms. The number of pyridine rings is 1. The molecule has 0 aliphatic carbocycles. The summed E-state index contributed by atoms with van der Waals surface area (Å²) in [5.41, 5.74) is 2.97. The second-order valence-corrected chi connectivity index (χ2v) is 5.69. The van der Waals surface area contributed by atoms with Crippen LogP contribution in [-0.4, -0.2) is 42.7 Å². The van der Waals surface area contributed by atoms with Gasteiger partial charge in [-0.15, -0.1) is 11.8 Å². The summed E-state index contributed by atoms with van der Waals surface area (Å²) in [7, 11) is 3.45. The van der Waals surface area contributed by atoms with Crippen molar-refractivity contribution in [2.45, 2.75) is 6.04 Å². The van der Waals surface area contributed by atoms with Gasteiger partial charge in [-0.25, -0.2) is 9.78 Å². The number of esters is 1. The Morgan fingerprint density at radius 2 is 2.25 bits per heavy atom. The van der Waals surface area contributed by atoms with E-state index in [2.05, 4.69) is 23.9 Å². The van der Waals surface area contributed by atoms with Gasteiger partial charge in [-0.1, -0.05) is 23.7 Å². The number of hydrogen-bond donors (Lipinski definition) is 0. The summed E-state index contributed by atoms with van der Waals surface area (Å²) < 4.78 is 4.72. The number of thioether (sulfide) groups is 1. The average molecular weight is 284 g/mol. The molecule has 0 radical (unpaired) electrons. The lowest BCUT2D eigenvalue weighted by Gasteiger charge is -2.03. The SMILES string of the molecule is Bc1ccc2nc(C3=NC(C(=O)OC)CS3)ccc2c1. The molecule has 0 amide bonds. The highest BCUT2D eigenvalue weighted by molar-refractivity contribution is 8.14. The van der Waals surface area contributed by atoms with Crippen LogP contribution in [-0.2, 0) is 9.53 Å². The Balaban J connectivity index is 1.95. The molecule has 2 heterocycles. The molecule has 0 N–H and O–H groups in total. The summed E-state index contributed by atoms with van der Waals surface area (Å²) in [6, 6.07) is 9.74. The first-order chi connectivity index (χ1) is 9.67. The van der Waals surface area contributed by atoms with Crippen LogP contribution in [0.4, 0.5) is 0 Å². The zero-order chi connectivity index (χ0) is 14.1. The molecule has 1 aromatic heterocycles. The first kappa shape index (κ1) is 13.2. The molecule has 1 atom stereocenters. The second kappa shape index (κ2) is 5.29. The molecule has 4 nitrogen and oxygen atoms in total. The molecule has 0 saturated heterocycles. The van der Waals surface area contributed by atoms with E-state index in [1.54, 1.807) is 11.8 Å². The average Bonchev–Trinajstić information content (AvgIpc) is 2.95. The largest absolute Gasteiger partial charge is 0.467 e. The molecule has 100 valence electrons. The van der Waals surface area contributed by atoms with E-state index in [-0.39, 0.29) is 5.97 Å². The van der Waals surface area contributed by atoms with Crippen LogP contribution in [0.15, 0.2) is 35.3 Å². The van der Waals surface area contributed by atoms with E-state index < -0.39 is 6.04 Å². The molecule has 0 spiro atoms. The molecule has 3 rings (SSSR count). The van der Waals surface area contributed by atoms with Crippen molar-refractivity contribution in [2.24, 2.45) is 4.99 Å². The number of methoxy groups -OCH3 is 1. The number of ether oxygens (including phenoxy) is 1. The number of nitrogens with zero attached hydrogens (tertiary/aromatic N) is 2. The van der Waals surface area contributed by atoms with Gasteiger partial charge in [-0.3, -0.25) is 4.99 Å². The Bertz CT molecular complexity index is 717. The molecular formula is C14H13BN2O2S. The van der Waals surface area contributed by atoms with Gasteiger partial charge >= 0.3 is 5.97 Å². The number of hydrogen-bond acceptors (Lipinski definition) is 5. The fraction of sp³-hybridized carbons (Fsp3) is 0.214. The quantitative estimate of drug-likeness (QED) is 0.596. The van der Waals surface area contributed by atoms with Crippen molar-refractivity contribution in [3.8, 4) is 0 Å². The highest BCUT2D eigenvalue weighted by Gasteiger charge is 2.26. The maximum Gasteiger partial charge on any atom is 0.331 e. The number of carbonyl (C=O) groups excluding carboxylic acids is 1. The predicted octanol–water partition coefficient (Wildman–Crippen LogP) is 0.528. The third-order valence-corrected chi connectivity index (χ3v) is 4.26. The molecule has 0 saturated carbocycles. The van der Waals surface area contributed by atoms with E-state index in [0.29, 0.717) is 5.75 Å². The third-order valence-electron chi connectivity index (χ3n) is 3.19. The van der Waals surface area contributed by atoms with Gasteiger partial charge < -0.3 is 4.74 Å². The van der Waals surface area contributed by atoms with Crippen molar-refractivity contribution in [3.63, 3.8) is 0 Å². The lowest BCUT2D eigenvalue weighted by molar-refractivity contribution is -0.141. The van der Waals surface area contributed by atoms with Gasteiger partial charge in [-0.2, -0.15) is 0 Å². The molecule has 6 heteroatoms. The van der Waals surface area contributed by atoms with Crippen LogP contribution in [0.1, 0.15) is 5.69 Å². The van der Waals surface area contributed by atoms with Gasteiger partial charge in [-0.05, 0) is 17.5 Å². The van der Waals surface area contributed by atoms with Gasteiger partial charge in [0.2, 0.25) is 0 Å². The fourth-order valence-corrected chi connectivity index (χ4v) is 3.12. The van der Waals surface area contributed by atoms with Crippen molar-refractivity contribution in [3.05, 3.63) is 36.0 Å². The van der Waals surface area contributed by atoms with Crippen LogP contribution in [0.5, 0.6) is 0 Å². The van der Waals surface area contributed by atoms with Crippen LogP contribution in [0.3, 0.4) is 0 Å². The number of aliphatic imine (C=N–C) groups is 1. The lowest BCUT2D eigenvalue weighted by Crippen LogP contribution is -2.19. The standard InChI is InChI=1S/C14H13BN2O2S/c1-19-14(18)12-7-20-13(17-12)11-4-2-8-6-9(15)3-5-10(8)16-11/h2-6,12H,7,15H2,1H3. The summed E-state index contributed by atoms with van der Waals surface area (Å²) >= 11 is 1.55. The van der Waals surface area contributed by atoms with Crippen LogP contribution in [0.25, 0.3) is 10.9 Å². The second-order valence-electron chi connectivity index (χ2n) is 4.68. The number of aromatic nitrogens is 1. The van der Waals surface area contributed by atoms with Crippen LogP contribution < -0.4 is 5.46 Å². The molecule has 1 unspecified atom stereocenters. The molecule has 1 aromatic carbocycles. The Labute approximate surface area is 122 Å². The first-order valence-corrected chi connectivity index (χ1v) is 7.32. The van der Waals surface area contributed by atoms with Gasteiger partial charge in [0.25, 0.3) is 0 Å². The van der Waals surface area contributed by atoms with Gasteiger partial charge in [0.15, 0.2) is 6.04 Å². The summed E-state index contributed by atoms with van der Waals surface area (Å²) in [4.78, 5) is 20.5. The summed E-state index contributed by atoms with van der Waals surface area (Å²) in [5.74, 6) is 0.333. The van der Waals surface area contributed by atoms with Crippen molar-refractivity contribution in [1.82, 2.24) is 4.98 Å². The third kappa shape index (κ3) is 2.43. The molecule has 20 heavy (non-hydrogen) atoms. The highest BCUT2D eigenvalue weighted by atomic mass is 32.2. The molecular weight excluding hydrogens is 271 g/mol. The van der Waals surface area contributed by atoms with Gasteiger partial charge in [0.1, 0.15) is 12.9 Å². The molecule has 2 aromatic rings. The van der Waals surface area contributed by atoms with E-state index in [4.69, 9.17) is 4.74 Å². The van der Waals surface area contributed by atoms with E-state index >= 15 is 0 Å². The minimum Gasteiger partial charge on any atom is -0.467 e. The Hall–Kier alpha value is -1.82. The molecule has 0 fully saturated rings. The normalized spacial score (nSPS) is 18.1. The number of benzene rings is 1. The Morgan fingerprint density at radius 1 is 1.40 bits per heavy atom. The van der Waals surface area contributed by atoms with Gasteiger partial charge in [0, 0.05) is 5.75 Å². The van der Waals surface area contributed by atoms with E-state index in [1.165, 1.54) is 12.6 Å². The monoisotopic (exact) mass is 284 g/mol. The number of carbonyl (C=O) groups is 1. The number of rotatable bonds is 2. The maximum atomic E-state index is 11.5. The van der Waals surface area contributed by atoms with Crippen LogP contribution in [0, 0.1) is 0 Å². The summed E-state index contributed by atoms with van der Waals surface area (Å²) in [6.45, 7) is 0. The Morgan fingerprint density at radius 3 is 3.05 bits per heavy atom. The molecule has 1 aliphatic rings. The first-order valence-electron chi connectivity index (χ1n) is 6.33. The van der Waals surface area contributed by atoms with Crippen LogP contribution in [0.2, 0.25) is 0 Å². The highest BCUT2D eigenvalue weighted by Crippen LogP contribution is 2.24. The zero-order valence-corrected chi connectivity index (χ0v) is 12.1.